The number of nitrogens with zero attached hydrogens (tertiary/aromatic N) is 3. The van der Waals surface area contributed by atoms with Gasteiger partial charge in [-0.1, -0.05) is 41.6 Å². The summed E-state index contributed by atoms with van der Waals surface area (Å²) in [5.74, 6) is 0.757. The molecule has 0 aliphatic carbocycles. The van der Waals surface area contributed by atoms with E-state index in [1.807, 2.05) is 22.9 Å². The Bertz CT molecular complexity index is 1090. The van der Waals surface area contributed by atoms with E-state index < -0.39 is 0 Å². The van der Waals surface area contributed by atoms with Gasteiger partial charge in [0.05, 0.1) is 17.8 Å². The molecule has 146 valence electrons. The van der Waals surface area contributed by atoms with Gasteiger partial charge in [-0.05, 0) is 24.6 Å². The lowest BCUT2D eigenvalue weighted by atomic mass is 10.2. The molecule has 3 aromatic heterocycles. The monoisotopic (exact) mass is 438 g/mol. The van der Waals surface area contributed by atoms with Crippen LogP contribution in [0.4, 0.5) is 5.13 Å². The summed E-state index contributed by atoms with van der Waals surface area (Å²) < 4.78 is 0.974. The molecular formula is C21H18N4OS3. The number of thioether (sulfide) groups is 1. The summed E-state index contributed by atoms with van der Waals surface area (Å²) in [5, 5.41) is 7.30. The summed E-state index contributed by atoms with van der Waals surface area (Å²) in [5.41, 5.74) is 5.04. The number of pyridine rings is 1. The van der Waals surface area contributed by atoms with Crippen LogP contribution in [0.2, 0.25) is 0 Å². The molecule has 0 aliphatic rings. The Labute approximate surface area is 181 Å². The van der Waals surface area contributed by atoms with Crippen LogP contribution in [0.3, 0.4) is 0 Å². The highest BCUT2D eigenvalue weighted by molar-refractivity contribution is 8.00. The van der Waals surface area contributed by atoms with Gasteiger partial charge in [-0.15, -0.1) is 22.7 Å². The molecule has 1 amide bonds. The van der Waals surface area contributed by atoms with Crippen molar-refractivity contribution in [2.45, 2.75) is 23.4 Å². The van der Waals surface area contributed by atoms with Crippen LogP contribution in [-0.2, 0) is 17.0 Å². The normalized spacial score (nSPS) is 10.8. The number of rotatable bonds is 7. The van der Waals surface area contributed by atoms with Crippen molar-refractivity contribution in [2.24, 2.45) is 0 Å². The Morgan fingerprint density at radius 2 is 1.97 bits per heavy atom. The van der Waals surface area contributed by atoms with E-state index >= 15 is 0 Å². The highest BCUT2D eigenvalue weighted by atomic mass is 32.2. The number of hydrogen-bond acceptors (Lipinski definition) is 7. The van der Waals surface area contributed by atoms with E-state index in [2.05, 4.69) is 51.5 Å². The number of thiazole rings is 2. The molecule has 0 saturated heterocycles. The minimum atomic E-state index is -0.113. The van der Waals surface area contributed by atoms with Gasteiger partial charge in [-0.3, -0.25) is 9.78 Å². The largest absolute Gasteiger partial charge is 0.302 e. The second kappa shape index (κ2) is 9.30. The van der Waals surface area contributed by atoms with Gasteiger partial charge in [0.25, 0.3) is 0 Å². The molecular weight excluding hydrogens is 420 g/mol. The summed E-state index contributed by atoms with van der Waals surface area (Å²) in [6.07, 6.45) is 3.72. The maximum Gasteiger partial charge on any atom is 0.232 e. The highest BCUT2D eigenvalue weighted by Gasteiger charge is 2.11. The number of carbonyl (C=O) groups excluding carboxylic acids is 1. The first-order chi connectivity index (χ1) is 14.2. The molecule has 1 aromatic carbocycles. The third-order valence-corrected chi connectivity index (χ3v) is 6.96. The lowest BCUT2D eigenvalue weighted by molar-refractivity contribution is -0.115. The Morgan fingerprint density at radius 1 is 1.10 bits per heavy atom. The van der Waals surface area contributed by atoms with Gasteiger partial charge < -0.3 is 5.32 Å². The summed E-state index contributed by atoms with van der Waals surface area (Å²) in [4.78, 5) is 25.5. The van der Waals surface area contributed by atoms with Gasteiger partial charge in [0.1, 0.15) is 4.34 Å². The van der Waals surface area contributed by atoms with Gasteiger partial charge in [0, 0.05) is 34.5 Å². The number of aromatic nitrogens is 3. The van der Waals surface area contributed by atoms with Crippen LogP contribution in [0.25, 0.3) is 11.3 Å². The number of anilines is 1. The highest BCUT2D eigenvalue weighted by Crippen LogP contribution is 2.27. The second-order valence-corrected chi connectivity index (χ2v) is 9.32. The lowest BCUT2D eigenvalue weighted by Crippen LogP contribution is -2.14. The number of aryl methyl sites for hydroxylation is 1. The number of carbonyl (C=O) groups is 1. The predicted octanol–water partition coefficient (Wildman–Crippen LogP) is 5.44. The van der Waals surface area contributed by atoms with E-state index in [0.29, 0.717) is 5.13 Å². The predicted molar refractivity (Wildman–Crippen MR) is 121 cm³/mol. The standard InChI is InChI=1S/C21H18N4OS3/c1-14-4-6-15(7-5-14)11-28-21-23-17(12-29-21)9-19(26)25-20-24-18(13-27-20)16-3-2-8-22-10-16/h2-8,10,12-13H,9,11H2,1H3,(H,24,25,26). The second-order valence-electron chi connectivity index (χ2n) is 6.38. The average molecular weight is 439 g/mol. The molecule has 3 heterocycles. The first-order valence-corrected chi connectivity index (χ1v) is 11.7. The van der Waals surface area contributed by atoms with Crippen molar-refractivity contribution < 1.29 is 4.79 Å². The zero-order chi connectivity index (χ0) is 20.1. The van der Waals surface area contributed by atoms with E-state index in [9.17, 15) is 4.79 Å². The smallest absolute Gasteiger partial charge is 0.232 e. The number of benzene rings is 1. The van der Waals surface area contributed by atoms with Gasteiger partial charge in [0.15, 0.2) is 5.13 Å². The molecule has 0 fully saturated rings. The summed E-state index contributed by atoms with van der Waals surface area (Å²) in [6.45, 7) is 2.08. The maximum absolute atomic E-state index is 12.3. The maximum atomic E-state index is 12.3. The minimum Gasteiger partial charge on any atom is -0.302 e. The van der Waals surface area contributed by atoms with Crippen LogP contribution < -0.4 is 5.32 Å². The van der Waals surface area contributed by atoms with Gasteiger partial charge in [0.2, 0.25) is 5.91 Å². The SMILES string of the molecule is Cc1ccc(CSc2nc(CC(=O)Nc3nc(-c4cccnc4)cs3)cs2)cc1. The van der Waals surface area contributed by atoms with E-state index in [4.69, 9.17) is 0 Å². The number of hydrogen-bond donors (Lipinski definition) is 1. The molecule has 0 saturated carbocycles. The molecule has 0 unspecified atom stereocenters. The summed E-state index contributed by atoms with van der Waals surface area (Å²) in [6, 6.07) is 12.3. The Hall–Kier alpha value is -2.55. The molecule has 5 nitrogen and oxygen atoms in total. The molecule has 0 radical (unpaired) electrons. The van der Waals surface area contributed by atoms with Crippen molar-refractivity contribution in [3.05, 3.63) is 76.4 Å². The van der Waals surface area contributed by atoms with Gasteiger partial charge in [-0.25, -0.2) is 9.97 Å². The first-order valence-electron chi connectivity index (χ1n) is 8.94. The quantitative estimate of drug-likeness (QED) is 0.389. The zero-order valence-electron chi connectivity index (χ0n) is 15.7. The summed E-state index contributed by atoms with van der Waals surface area (Å²) in [7, 11) is 0. The molecule has 4 rings (SSSR count). The molecule has 0 atom stereocenters. The first kappa shape index (κ1) is 19.8. The lowest BCUT2D eigenvalue weighted by Gasteiger charge is -2.00. The Morgan fingerprint density at radius 3 is 2.76 bits per heavy atom. The van der Waals surface area contributed by atoms with Gasteiger partial charge in [-0.2, -0.15) is 0 Å². The molecule has 0 aliphatic heterocycles. The van der Waals surface area contributed by atoms with E-state index in [1.54, 1.807) is 35.5 Å². The van der Waals surface area contributed by atoms with Crippen LogP contribution in [0.1, 0.15) is 16.8 Å². The van der Waals surface area contributed by atoms with E-state index in [0.717, 1.165) is 27.0 Å². The fourth-order valence-corrected chi connectivity index (χ4v) is 5.11. The molecule has 29 heavy (non-hydrogen) atoms. The molecule has 4 aromatic rings. The molecule has 0 spiro atoms. The molecule has 1 N–H and O–H groups in total. The Kier molecular flexibility index (Phi) is 6.33. The van der Waals surface area contributed by atoms with Crippen molar-refractivity contribution in [1.82, 2.24) is 15.0 Å². The van der Waals surface area contributed by atoms with E-state index in [1.165, 1.54) is 22.5 Å². The van der Waals surface area contributed by atoms with Crippen molar-refractivity contribution >= 4 is 45.5 Å². The average Bonchev–Trinajstić information content (AvgIpc) is 3.38. The van der Waals surface area contributed by atoms with Gasteiger partial charge >= 0.3 is 0 Å². The van der Waals surface area contributed by atoms with Crippen LogP contribution in [-0.4, -0.2) is 20.9 Å². The third kappa shape index (κ3) is 5.50. The van der Waals surface area contributed by atoms with Crippen molar-refractivity contribution in [3.8, 4) is 11.3 Å². The van der Waals surface area contributed by atoms with Crippen LogP contribution in [0.15, 0.2) is 63.9 Å². The van der Waals surface area contributed by atoms with Crippen molar-refractivity contribution in [2.75, 3.05) is 5.32 Å². The van der Waals surface area contributed by atoms with Crippen molar-refractivity contribution in [1.29, 1.82) is 0 Å². The minimum absolute atomic E-state index is 0.113. The fraction of sp³-hybridized carbons (Fsp3) is 0.143. The zero-order valence-corrected chi connectivity index (χ0v) is 18.1. The van der Waals surface area contributed by atoms with Crippen LogP contribution >= 0.6 is 34.4 Å². The molecule has 8 heteroatoms. The fourth-order valence-electron chi connectivity index (χ4n) is 2.57. The van der Waals surface area contributed by atoms with Crippen LogP contribution in [0.5, 0.6) is 0 Å². The third-order valence-electron chi connectivity index (χ3n) is 4.06. The molecule has 0 bridgehead atoms. The Balaban J connectivity index is 1.30. The summed E-state index contributed by atoms with van der Waals surface area (Å²) >= 11 is 4.67. The number of nitrogens with one attached hydrogen (secondary N) is 1. The van der Waals surface area contributed by atoms with Crippen molar-refractivity contribution in [3.63, 3.8) is 0 Å². The topological polar surface area (TPSA) is 67.8 Å². The number of amides is 1. The van der Waals surface area contributed by atoms with Crippen LogP contribution in [0, 0.1) is 6.92 Å². The van der Waals surface area contributed by atoms with E-state index in [-0.39, 0.29) is 12.3 Å².